The van der Waals surface area contributed by atoms with Gasteiger partial charge in [0.2, 0.25) is 5.95 Å². The number of halogens is 1. The minimum atomic E-state index is 0. The maximum absolute atomic E-state index is 5.80. The van der Waals surface area contributed by atoms with Gasteiger partial charge in [-0.15, -0.1) is 12.4 Å². The molecule has 118 valence electrons. The minimum Gasteiger partial charge on any atom is -0.338 e. The molecule has 1 fully saturated rings. The molecule has 1 aromatic carbocycles. The highest BCUT2D eigenvalue weighted by atomic mass is 35.5. The van der Waals surface area contributed by atoms with Crippen molar-refractivity contribution >= 4 is 18.4 Å². The number of hydrogen-bond acceptors (Lipinski definition) is 5. The van der Waals surface area contributed by atoms with Crippen molar-refractivity contribution in [2.45, 2.75) is 6.54 Å². The van der Waals surface area contributed by atoms with Crippen LogP contribution in [0.2, 0.25) is 0 Å². The number of nitrogens with zero attached hydrogens (tertiary/aromatic N) is 4. The van der Waals surface area contributed by atoms with Gasteiger partial charge in [-0.25, -0.2) is 9.97 Å². The largest absolute Gasteiger partial charge is 0.338 e. The number of rotatable bonds is 3. The molecule has 1 aromatic heterocycles. The lowest BCUT2D eigenvalue weighted by Crippen LogP contribution is -2.45. The summed E-state index contributed by atoms with van der Waals surface area (Å²) in [7, 11) is 2.14. The van der Waals surface area contributed by atoms with Crippen LogP contribution >= 0.6 is 12.4 Å². The molecule has 0 aliphatic carbocycles. The van der Waals surface area contributed by atoms with E-state index in [4.69, 9.17) is 10.7 Å². The molecule has 6 heteroatoms. The second-order valence-corrected chi connectivity index (χ2v) is 5.40. The Hall–Kier alpha value is -1.69. The van der Waals surface area contributed by atoms with Crippen molar-refractivity contribution < 1.29 is 0 Å². The van der Waals surface area contributed by atoms with Crippen LogP contribution in [0.5, 0.6) is 0 Å². The number of piperazine rings is 1. The van der Waals surface area contributed by atoms with Crippen molar-refractivity contribution in [1.82, 2.24) is 14.9 Å². The molecule has 1 saturated heterocycles. The van der Waals surface area contributed by atoms with Gasteiger partial charge in [0.15, 0.2) is 0 Å². The van der Waals surface area contributed by atoms with Crippen LogP contribution < -0.4 is 10.6 Å². The highest BCUT2D eigenvalue weighted by Crippen LogP contribution is 2.21. The molecular weight excluding hydrogens is 298 g/mol. The van der Waals surface area contributed by atoms with Gasteiger partial charge in [-0.2, -0.15) is 0 Å². The molecule has 0 bridgehead atoms. The Bertz CT molecular complexity index is 597. The maximum Gasteiger partial charge on any atom is 0.226 e. The van der Waals surface area contributed by atoms with E-state index in [0.717, 1.165) is 49.1 Å². The minimum absolute atomic E-state index is 0. The van der Waals surface area contributed by atoms with Gasteiger partial charge in [0.25, 0.3) is 0 Å². The third-order valence-corrected chi connectivity index (χ3v) is 3.83. The van der Waals surface area contributed by atoms with E-state index in [1.54, 1.807) is 0 Å². The Kier molecular flexibility index (Phi) is 5.71. The molecule has 0 amide bonds. The van der Waals surface area contributed by atoms with Crippen LogP contribution in [0.25, 0.3) is 11.3 Å². The average Bonchev–Trinajstić information content (AvgIpc) is 2.56. The fourth-order valence-corrected chi connectivity index (χ4v) is 2.49. The van der Waals surface area contributed by atoms with Crippen LogP contribution in [0.15, 0.2) is 36.4 Å². The van der Waals surface area contributed by atoms with E-state index < -0.39 is 0 Å². The topological polar surface area (TPSA) is 58.3 Å². The highest BCUT2D eigenvalue weighted by Gasteiger charge is 2.17. The van der Waals surface area contributed by atoms with Crippen LogP contribution in [0, 0.1) is 0 Å². The quantitative estimate of drug-likeness (QED) is 0.934. The summed E-state index contributed by atoms with van der Waals surface area (Å²) in [6.07, 6.45) is 0. The molecule has 2 heterocycles. The highest BCUT2D eigenvalue weighted by molar-refractivity contribution is 5.85. The van der Waals surface area contributed by atoms with Gasteiger partial charge in [0.05, 0.1) is 11.4 Å². The van der Waals surface area contributed by atoms with Gasteiger partial charge in [-0.3, -0.25) is 0 Å². The average molecular weight is 320 g/mol. The zero-order chi connectivity index (χ0) is 14.7. The lowest BCUT2D eigenvalue weighted by Gasteiger charge is -2.32. The molecule has 1 aliphatic rings. The Morgan fingerprint density at radius 2 is 1.73 bits per heavy atom. The first-order valence-corrected chi connectivity index (χ1v) is 7.33. The third kappa shape index (κ3) is 3.74. The number of anilines is 1. The number of hydrogen-bond donors (Lipinski definition) is 1. The van der Waals surface area contributed by atoms with Gasteiger partial charge in [-0.1, -0.05) is 30.3 Å². The summed E-state index contributed by atoms with van der Waals surface area (Å²) < 4.78 is 0. The monoisotopic (exact) mass is 319 g/mol. The number of benzene rings is 1. The normalized spacial score (nSPS) is 15.5. The molecular formula is C16H22ClN5. The number of nitrogens with two attached hydrogens (primary N) is 1. The summed E-state index contributed by atoms with van der Waals surface area (Å²) in [5.74, 6) is 0.796. The standard InChI is InChI=1S/C16H21N5.ClH/c1-20-7-9-21(10-8-20)16-18-14(12-17)11-15(19-16)13-5-3-2-4-6-13;/h2-6,11H,7-10,12,17H2,1H3;1H. The molecule has 0 unspecified atom stereocenters. The van der Waals surface area contributed by atoms with Crippen LogP contribution in [0.3, 0.4) is 0 Å². The first kappa shape index (κ1) is 16.7. The van der Waals surface area contributed by atoms with Gasteiger partial charge < -0.3 is 15.5 Å². The van der Waals surface area contributed by atoms with E-state index >= 15 is 0 Å². The SMILES string of the molecule is CN1CCN(c2nc(CN)cc(-c3ccccc3)n2)CC1.Cl. The summed E-state index contributed by atoms with van der Waals surface area (Å²) in [5.41, 5.74) is 8.73. The van der Waals surface area contributed by atoms with Crippen molar-refractivity contribution in [3.05, 3.63) is 42.1 Å². The fourth-order valence-electron chi connectivity index (χ4n) is 2.49. The second kappa shape index (κ2) is 7.54. The van der Waals surface area contributed by atoms with E-state index in [9.17, 15) is 0 Å². The zero-order valence-corrected chi connectivity index (χ0v) is 13.6. The predicted molar refractivity (Wildman–Crippen MR) is 92.3 cm³/mol. The Morgan fingerprint density at radius 3 is 2.36 bits per heavy atom. The summed E-state index contributed by atoms with van der Waals surface area (Å²) in [6, 6.07) is 12.2. The fraction of sp³-hybridized carbons (Fsp3) is 0.375. The van der Waals surface area contributed by atoms with Gasteiger partial charge in [0, 0.05) is 38.3 Å². The van der Waals surface area contributed by atoms with Crippen molar-refractivity contribution in [3.63, 3.8) is 0 Å². The molecule has 22 heavy (non-hydrogen) atoms. The van der Waals surface area contributed by atoms with E-state index in [-0.39, 0.29) is 12.4 Å². The lowest BCUT2D eigenvalue weighted by molar-refractivity contribution is 0.311. The summed E-state index contributed by atoms with van der Waals surface area (Å²) in [5, 5.41) is 0. The van der Waals surface area contributed by atoms with Crippen LogP contribution in [0.4, 0.5) is 5.95 Å². The van der Waals surface area contributed by atoms with E-state index in [1.165, 1.54) is 0 Å². The van der Waals surface area contributed by atoms with Gasteiger partial charge in [-0.05, 0) is 13.1 Å². The van der Waals surface area contributed by atoms with Crippen molar-refractivity contribution in [3.8, 4) is 11.3 Å². The summed E-state index contributed by atoms with van der Waals surface area (Å²) in [6.45, 7) is 4.42. The van der Waals surface area contributed by atoms with Crippen molar-refractivity contribution in [2.75, 3.05) is 38.1 Å². The molecule has 0 spiro atoms. The molecule has 0 saturated carbocycles. The maximum atomic E-state index is 5.80. The zero-order valence-electron chi connectivity index (χ0n) is 12.8. The van der Waals surface area contributed by atoms with E-state index in [0.29, 0.717) is 6.54 Å². The Morgan fingerprint density at radius 1 is 1.05 bits per heavy atom. The molecule has 3 rings (SSSR count). The summed E-state index contributed by atoms with van der Waals surface area (Å²) >= 11 is 0. The van der Waals surface area contributed by atoms with E-state index in [1.807, 2.05) is 24.3 Å². The molecule has 0 atom stereocenters. The number of aromatic nitrogens is 2. The first-order chi connectivity index (χ1) is 10.3. The van der Waals surface area contributed by atoms with Crippen LogP contribution in [-0.4, -0.2) is 48.1 Å². The second-order valence-electron chi connectivity index (χ2n) is 5.40. The number of likely N-dealkylation sites (N-methyl/N-ethyl adjacent to an activating group) is 1. The van der Waals surface area contributed by atoms with Crippen LogP contribution in [-0.2, 0) is 6.54 Å². The van der Waals surface area contributed by atoms with E-state index in [2.05, 4.69) is 34.0 Å². The molecule has 2 aromatic rings. The molecule has 5 nitrogen and oxygen atoms in total. The van der Waals surface area contributed by atoms with Crippen molar-refractivity contribution in [2.24, 2.45) is 5.73 Å². The lowest BCUT2D eigenvalue weighted by atomic mass is 10.1. The van der Waals surface area contributed by atoms with Gasteiger partial charge >= 0.3 is 0 Å². The molecule has 1 aliphatic heterocycles. The first-order valence-electron chi connectivity index (χ1n) is 7.33. The van der Waals surface area contributed by atoms with Crippen LogP contribution in [0.1, 0.15) is 5.69 Å². The Labute approximate surface area is 137 Å². The van der Waals surface area contributed by atoms with Gasteiger partial charge in [0.1, 0.15) is 0 Å². The third-order valence-electron chi connectivity index (χ3n) is 3.83. The predicted octanol–water partition coefficient (Wildman–Crippen LogP) is 1.78. The molecule has 2 N–H and O–H groups in total. The Balaban J connectivity index is 0.00000176. The van der Waals surface area contributed by atoms with Crippen molar-refractivity contribution in [1.29, 1.82) is 0 Å². The molecule has 0 radical (unpaired) electrons. The summed E-state index contributed by atoms with van der Waals surface area (Å²) in [4.78, 5) is 13.9. The smallest absolute Gasteiger partial charge is 0.226 e.